The standard InChI is InChI=1S/C24H27F2N5O/c1-31(2)22-18-5-3-4-6-21(18)29-24(30-22)28-17-10-7-15(8-11-17)14-27-23(32)19-13-16(25)9-12-20(19)26/h3-6,9,12-13,15,17H,7-8,10-11,14H2,1-2H3,(H,27,32)(H,28,29,30)/t15-,17+. The van der Waals surface area contributed by atoms with Crippen LogP contribution < -0.4 is 15.5 Å². The molecule has 1 aliphatic rings. The van der Waals surface area contributed by atoms with Crippen LogP contribution in [0.15, 0.2) is 42.5 Å². The maximum Gasteiger partial charge on any atom is 0.254 e. The summed E-state index contributed by atoms with van der Waals surface area (Å²) in [6, 6.07) is 11.1. The van der Waals surface area contributed by atoms with Gasteiger partial charge in [-0.2, -0.15) is 4.98 Å². The number of rotatable bonds is 6. The number of halogens is 2. The third-order valence-corrected chi connectivity index (χ3v) is 5.91. The van der Waals surface area contributed by atoms with Gasteiger partial charge in [-0.1, -0.05) is 12.1 Å². The van der Waals surface area contributed by atoms with Crippen molar-refractivity contribution in [1.82, 2.24) is 15.3 Å². The number of nitrogens with zero attached hydrogens (tertiary/aromatic N) is 3. The first-order chi connectivity index (χ1) is 15.4. The fourth-order valence-corrected chi connectivity index (χ4v) is 4.16. The lowest BCUT2D eigenvalue weighted by molar-refractivity contribution is 0.0938. The van der Waals surface area contributed by atoms with Crippen molar-refractivity contribution in [2.24, 2.45) is 5.92 Å². The highest BCUT2D eigenvalue weighted by molar-refractivity contribution is 5.94. The predicted molar refractivity (Wildman–Crippen MR) is 122 cm³/mol. The maximum absolute atomic E-state index is 13.8. The van der Waals surface area contributed by atoms with Gasteiger partial charge in [-0.15, -0.1) is 0 Å². The molecular formula is C24H27F2N5O. The van der Waals surface area contributed by atoms with Gasteiger partial charge in [0.15, 0.2) is 0 Å². The molecule has 1 amide bonds. The third-order valence-electron chi connectivity index (χ3n) is 5.91. The molecule has 0 unspecified atom stereocenters. The average molecular weight is 440 g/mol. The number of carbonyl (C=O) groups is 1. The smallest absolute Gasteiger partial charge is 0.254 e. The summed E-state index contributed by atoms with van der Waals surface area (Å²) < 4.78 is 27.1. The van der Waals surface area contributed by atoms with E-state index in [1.165, 1.54) is 0 Å². The molecule has 2 N–H and O–H groups in total. The summed E-state index contributed by atoms with van der Waals surface area (Å²) in [7, 11) is 3.93. The molecule has 3 aromatic rings. The Labute approximate surface area is 186 Å². The lowest BCUT2D eigenvalue weighted by Gasteiger charge is -2.29. The molecule has 0 aliphatic heterocycles. The van der Waals surface area contributed by atoms with Gasteiger partial charge in [0.25, 0.3) is 5.91 Å². The normalized spacial score (nSPS) is 18.4. The number of nitrogens with one attached hydrogen (secondary N) is 2. The summed E-state index contributed by atoms with van der Waals surface area (Å²) in [5.41, 5.74) is 0.639. The van der Waals surface area contributed by atoms with E-state index in [9.17, 15) is 13.6 Å². The van der Waals surface area contributed by atoms with Crippen LogP contribution in [0.1, 0.15) is 36.0 Å². The summed E-state index contributed by atoms with van der Waals surface area (Å²) in [6.45, 7) is 0.443. The first kappa shape index (κ1) is 21.9. The molecule has 1 fully saturated rings. The first-order valence-corrected chi connectivity index (χ1v) is 10.8. The molecule has 0 radical (unpaired) electrons. The minimum atomic E-state index is -0.718. The Morgan fingerprint density at radius 3 is 2.56 bits per heavy atom. The maximum atomic E-state index is 13.8. The second-order valence-corrected chi connectivity index (χ2v) is 8.48. The number of benzene rings is 2. The first-order valence-electron chi connectivity index (χ1n) is 10.8. The van der Waals surface area contributed by atoms with E-state index < -0.39 is 17.5 Å². The highest BCUT2D eigenvalue weighted by atomic mass is 19.1. The van der Waals surface area contributed by atoms with Gasteiger partial charge in [-0.05, 0) is 61.9 Å². The van der Waals surface area contributed by atoms with Crippen molar-refractivity contribution in [2.45, 2.75) is 31.7 Å². The molecule has 1 saturated carbocycles. The lowest BCUT2D eigenvalue weighted by atomic mass is 9.86. The number of hydrogen-bond acceptors (Lipinski definition) is 5. The molecule has 1 heterocycles. The highest BCUT2D eigenvalue weighted by Gasteiger charge is 2.23. The van der Waals surface area contributed by atoms with Crippen LogP contribution in [0.3, 0.4) is 0 Å². The van der Waals surface area contributed by atoms with E-state index in [1.54, 1.807) is 0 Å². The van der Waals surface area contributed by atoms with Crippen LogP contribution in [0.2, 0.25) is 0 Å². The minimum absolute atomic E-state index is 0.249. The Balaban J connectivity index is 1.32. The van der Waals surface area contributed by atoms with Crippen molar-refractivity contribution in [3.05, 3.63) is 59.7 Å². The largest absolute Gasteiger partial charge is 0.362 e. The molecule has 168 valence electrons. The van der Waals surface area contributed by atoms with Gasteiger partial charge < -0.3 is 15.5 Å². The zero-order valence-corrected chi connectivity index (χ0v) is 18.2. The van der Waals surface area contributed by atoms with Gasteiger partial charge in [0, 0.05) is 32.1 Å². The molecular weight excluding hydrogens is 412 g/mol. The SMILES string of the molecule is CN(C)c1nc(N[C@H]2CC[C@@H](CNC(=O)c3cc(F)ccc3F)CC2)nc2ccccc12. The van der Waals surface area contributed by atoms with Crippen LogP contribution in [0.25, 0.3) is 10.9 Å². The Kier molecular flexibility index (Phi) is 6.48. The zero-order chi connectivity index (χ0) is 22.7. The second-order valence-electron chi connectivity index (χ2n) is 8.48. The van der Waals surface area contributed by atoms with Gasteiger partial charge in [0.1, 0.15) is 17.5 Å². The molecule has 0 saturated heterocycles. The monoisotopic (exact) mass is 439 g/mol. The van der Waals surface area contributed by atoms with Crippen molar-refractivity contribution < 1.29 is 13.6 Å². The molecule has 0 bridgehead atoms. The molecule has 1 aliphatic carbocycles. The van der Waals surface area contributed by atoms with Gasteiger partial charge in [-0.25, -0.2) is 13.8 Å². The summed E-state index contributed by atoms with van der Waals surface area (Å²) in [5.74, 6) is -0.142. The van der Waals surface area contributed by atoms with Crippen molar-refractivity contribution in [1.29, 1.82) is 0 Å². The van der Waals surface area contributed by atoms with Gasteiger partial charge in [0.2, 0.25) is 5.95 Å². The Morgan fingerprint density at radius 2 is 1.81 bits per heavy atom. The van der Waals surface area contributed by atoms with Gasteiger partial charge >= 0.3 is 0 Å². The van der Waals surface area contributed by atoms with E-state index in [2.05, 4.69) is 15.6 Å². The van der Waals surface area contributed by atoms with Crippen LogP contribution in [0, 0.1) is 17.6 Å². The second kappa shape index (κ2) is 9.46. The fraction of sp³-hybridized carbons (Fsp3) is 0.375. The summed E-state index contributed by atoms with van der Waals surface area (Å²) >= 11 is 0. The Hall–Kier alpha value is -3.29. The number of aromatic nitrogens is 2. The molecule has 4 rings (SSSR count). The number of para-hydroxylation sites is 1. The van der Waals surface area contributed by atoms with Crippen LogP contribution in [-0.2, 0) is 0 Å². The molecule has 32 heavy (non-hydrogen) atoms. The lowest BCUT2D eigenvalue weighted by Crippen LogP contribution is -2.34. The average Bonchev–Trinajstić information content (AvgIpc) is 2.79. The van der Waals surface area contributed by atoms with Crippen LogP contribution in [0.4, 0.5) is 20.5 Å². The van der Waals surface area contributed by atoms with E-state index in [0.29, 0.717) is 18.4 Å². The van der Waals surface area contributed by atoms with E-state index in [-0.39, 0.29) is 11.6 Å². The van der Waals surface area contributed by atoms with Gasteiger partial charge in [-0.3, -0.25) is 4.79 Å². The van der Waals surface area contributed by atoms with Crippen molar-refractivity contribution in [2.75, 3.05) is 30.9 Å². The van der Waals surface area contributed by atoms with Crippen LogP contribution in [-0.4, -0.2) is 42.6 Å². The van der Waals surface area contributed by atoms with Crippen LogP contribution in [0.5, 0.6) is 0 Å². The number of fused-ring (bicyclic) bond motifs is 1. The molecule has 8 heteroatoms. The number of amides is 1. The van der Waals surface area contributed by atoms with E-state index in [1.807, 2.05) is 43.3 Å². The highest BCUT2D eigenvalue weighted by Crippen LogP contribution is 2.28. The van der Waals surface area contributed by atoms with Gasteiger partial charge in [0.05, 0.1) is 11.1 Å². The Bertz CT molecular complexity index is 1110. The number of hydrogen-bond donors (Lipinski definition) is 2. The molecule has 2 aromatic carbocycles. The summed E-state index contributed by atoms with van der Waals surface area (Å²) in [6.07, 6.45) is 3.67. The quantitative estimate of drug-likeness (QED) is 0.597. The van der Waals surface area contributed by atoms with Crippen LogP contribution >= 0.6 is 0 Å². The van der Waals surface area contributed by atoms with E-state index >= 15 is 0 Å². The molecule has 1 aromatic heterocycles. The predicted octanol–water partition coefficient (Wildman–Crippen LogP) is 4.37. The van der Waals surface area contributed by atoms with Crippen molar-refractivity contribution in [3.8, 4) is 0 Å². The van der Waals surface area contributed by atoms with E-state index in [0.717, 1.165) is 60.6 Å². The number of anilines is 2. The minimum Gasteiger partial charge on any atom is -0.362 e. The fourth-order valence-electron chi connectivity index (χ4n) is 4.16. The molecule has 0 spiro atoms. The number of carbonyl (C=O) groups excluding carboxylic acids is 1. The summed E-state index contributed by atoms with van der Waals surface area (Å²) in [5, 5.41) is 7.22. The molecule has 0 atom stereocenters. The van der Waals surface area contributed by atoms with E-state index in [4.69, 9.17) is 4.98 Å². The zero-order valence-electron chi connectivity index (χ0n) is 18.2. The van der Waals surface area contributed by atoms with Crippen molar-refractivity contribution >= 4 is 28.6 Å². The summed E-state index contributed by atoms with van der Waals surface area (Å²) in [4.78, 5) is 23.6. The molecule has 6 nitrogen and oxygen atoms in total. The Morgan fingerprint density at radius 1 is 1.06 bits per heavy atom. The van der Waals surface area contributed by atoms with Crippen molar-refractivity contribution in [3.63, 3.8) is 0 Å². The third kappa shape index (κ3) is 4.95. The topological polar surface area (TPSA) is 70.2 Å².